The number of methoxy groups -OCH3 is 1. The zero-order chi connectivity index (χ0) is 18.6. The standard InChI is InChI=1S/C21H20N2O4/c1-25-8-9-26-16-6-7-17-18(23-24)12-21(27-20(17)11-16)19-10-14-4-2-3-5-15(14)13-22-19/h2-7,10-11,13,21,24H,8-9,12H2,1H3/b23-18+. The summed E-state index contributed by atoms with van der Waals surface area (Å²) in [5.74, 6) is 1.29. The van der Waals surface area contributed by atoms with Crippen molar-refractivity contribution in [1.82, 2.24) is 4.98 Å². The van der Waals surface area contributed by atoms with Gasteiger partial charge in [0, 0.05) is 36.7 Å². The summed E-state index contributed by atoms with van der Waals surface area (Å²) in [7, 11) is 1.63. The molecule has 138 valence electrons. The lowest BCUT2D eigenvalue weighted by molar-refractivity contribution is 0.145. The van der Waals surface area contributed by atoms with Crippen LogP contribution in [0.1, 0.15) is 23.8 Å². The van der Waals surface area contributed by atoms with Crippen molar-refractivity contribution in [2.24, 2.45) is 5.16 Å². The van der Waals surface area contributed by atoms with Crippen LogP contribution in [0.5, 0.6) is 11.5 Å². The molecule has 3 aromatic rings. The molecule has 0 fully saturated rings. The molecule has 1 aromatic heterocycles. The van der Waals surface area contributed by atoms with Crippen molar-refractivity contribution in [2.75, 3.05) is 20.3 Å². The second-order valence-electron chi connectivity index (χ2n) is 6.31. The molecule has 1 aliphatic heterocycles. The summed E-state index contributed by atoms with van der Waals surface area (Å²) in [6.45, 7) is 0.955. The third kappa shape index (κ3) is 3.57. The van der Waals surface area contributed by atoms with Crippen LogP contribution in [0.4, 0.5) is 0 Å². The number of oxime groups is 1. The first-order valence-corrected chi connectivity index (χ1v) is 8.77. The number of benzene rings is 2. The molecule has 0 bridgehead atoms. The van der Waals surface area contributed by atoms with Crippen LogP contribution < -0.4 is 9.47 Å². The Morgan fingerprint density at radius 3 is 2.81 bits per heavy atom. The van der Waals surface area contributed by atoms with Crippen molar-refractivity contribution < 1.29 is 19.4 Å². The van der Waals surface area contributed by atoms with E-state index in [9.17, 15) is 5.21 Å². The van der Waals surface area contributed by atoms with Gasteiger partial charge in [0.25, 0.3) is 0 Å². The molecule has 6 nitrogen and oxygen atoms in total. The largest absolute Gasteiger partial charge is 0.491 e. The van der Waals surface area contributed by atoms with Crippen LogP contribution in [0.3, 0.4) is 0 Å². The number of fused-ring (bicyclic) bond motifs is 2. The zero-order valence-corrected chi connectivity index (χ0v) is 15.0. The summed E-state index contributed by atoms with van der Waals surface area (Å²) in [6, 6.07) is 15.5. The van der Waals surface area contributed by atoms with Crippen molar-refractivity contribution in [2.45, 2.75) is 12.5 Å². The van der Waals surface area contributed by atoms with Crippen LogP contribution in [-0.2, 0) is 4.74 Å². The van der Waals surface area contributed by atoms with E-state index < -0.39 is 0 Å². The minimum atomic E-state index is -0.331. The molecule has 1 atom stereocenters. The highest BCUT2D eigenvalue weighted by molar-refractivity contribution is 6.04. The number of aromatic nitrogens is 1. The van der Waals surface area contributed by atoms with E-state index in [-0.39, 0.29) is 6.10 Å². The van der Waals surface area contributed by atoms with E-state index in [0.717, 1.165) is 22.0 Å². The number of rotatable bonds is 5. The average Bonchev–Trinajstić information content (AvgIpc) is 2.72. The first-order chi connectivity index (χ1) is 13.3. The van der Waals surface area contributed by atoms with Gasteiger partial charge in [0.2, 0.25) is 0 Å². The SMILES string of the molecule is COCCOc1ccc2c(c1)OC(c1cc3ccccc3cn1)C/C2=N\O. The minimum Gasteiger partial charge on any atom is -0.491 e. The lowest BCUT2D eigenvalue weighted by Crippen LogP contribution is -2.22. The molecule has 1 N–H and O–H groups in total. The first-order valence-electron chi connectivity index (χ1n) is 8.77. The van der Waals surface area contributed by atoms with Gasteiger partial charge in [-0.3, -0.25) is 4.98 Å². The van der Waals surface area contributed by atoms with Gasteiger partial charge >= 0.3 is 0 Å². The molecule has 2 heterocycles. The summed E-state index contributed by atoms with van der Waals surface area (Å²) >= 11 is 0. The maximum absolute atomic E-state index is 9.48. The molecule has 0 radical (unpaired) electrons. The molecule has 0 spiro atoms. The summed E-state index contributed by atoms with van der Waals surface area (Å²) < 4.78 is 16.8. The third-order valence-electron chi connectivity index (χ3n) is 4.57. The summed E-state index contributed by atoms with van der Waals surface area (Å²) in [6.07, 6.45) is 1.95. The van der Waals surface area contributed by atoms with Gasteiger partial charge in [-0.1, -0.05) is 29.4 Å². The maximum Gasteiger partial charge on any atom is 0.146 e. The Morgan fingerprint density at radius 1 is 1.15 bits per heavy atom. The smallest absolute Gasteiger partial charge is 0.146 e. The van der Waals surface area contributed by atoms with Gasteiger partial charge in [0.15, 0.2) is 0 Å². The van der Waals surface area contributed by atoms with Crippen LogP contribution in [0, 0.1) is 0 Å². The molecule has 0 amide bonds. The fourth-order valence-corrected chi connectivity index (χ4v) is 3.19. The first kappa shape index (κ1) is 17.3. The van der Waals surface area contributed by atoms with Crippen molar-refractivity contribution in [3.05, 3.63) is 66.0 Å². The molecule has 0 saturated carbocycles. The average molecular weight is 364 g/mol. The monoisotopic (exact) mass is 364 g/mol. The third-order valence-corrected chi connectivity index (χ3v) is 4.57. The van der Waals surface area contributed by atoms with Gasteiger partial charge in [-0.15, -0.1) is 0 Å². The Bertz CT molecular complexity index is 987. The highest BCUT2D eigenvalue weighted by Gasteiger charge is 2.28. The Hall–Kier alpha value is -3.12. The predicted molar refractivity (Wildman–Crippen MR) is 102 cm³/mol. The number of pyridine rings is 1. The zero-order valence-electron chi connectivity index (χ0n) is 15.0. The van der Waals surface area contributed by atoms with E-state index in [0.29, 0.717) is 36.8 Å². The van der Waals surface area contributed by atoms with Gasteiger partial charge in [-0.2, -0.15) is 0 Å². The van der Waals surface area contributed by atoms with Crippen LogP contribution in [0.25, 0.3) is 10.8 Å². The van der Waals surface area contributed by atoms with E-state index in [2.05, 4.69) is 10.1 Å². The van der Waals surface area contributed by atoms with Crippen molar-refractivity contribution in [1.29, 1.82) is 0 Å². The van der Waals surface area contributed by atoms with E-state index in [1.54, 1.807) is 7.11 Å². The second kappa shape index (κ2) is 7.63. The highest BCUT2D eigenvalue weighted by Crippen LogP contribution is 2.37. The molecule has 1 unspecified atom stereocenters. The molecule has 0 saturated heterocycles. The predicted octanol–water partition coefficient (Wildman–Crippen LogP) is 3.96. The molecular weight excluding hydrogens is 344 g/mol. The molecule has 6 heteroatoms. The lowest BCUT2D eigenvalue weighted by Gasteiger charge is -2.27. The Labute approximate surface area is 157 Å². The Morgan fingerprint density at radius 2 is 2.00 bits per heavy atom. The molecule has 27 heavy (non-hydrogen) atoms. The van der Waals surface area contributed by atoms with Crippen LogP contribution in [-0.4, -0.2) is 36.2 Å². The fourth-order valence-electron chi connectivity index (χ4n) is 3.19. The van der Waals surface area contributed by atoms with Gasteiger partial charge < -0.3 is 19.4 Å². The van der Waals surface area contributed by atoms with E-state index >= 15 is 0 Å². The van der Waals surface area contributed by atoms with Crippen molar-refractivity contribution in [3.8, 4) is 11.5 Å². The molecular formula is C21H20N2O4. The minimum absolute atomic E-state index is 0.331. The molecule has 0 aliphatic carbocycles. The number of nitrogens with zero attached hydrogens (tertiary/aromatic N) is 2. The van der Waals surface area contributed by atoms with Gasteiger partial charge in [0.05, 0.1) is 18.0 Å². The van der Waals surface area contributed by atoms with Crippen LogP contribution in [0.2, 0.25) is 0 Å². The number of ether oxygens (including phenoxy) is 3. The van der Waals surface area contributed by atoms with Crippen LogP contribution in [0.15, 0.2) is 59.9 Å². The Kier molecular flexibility index (Phi) is 4.89. The normalized spacial score (nSPS) is 17.5. The molecule has 4 rings (SSSR count). The molecule has 1 aliphatic rings. The molecule has 2 aromatic carbocycles. The second-order valence-corrected chi connectivity index (χ2v) is 6.31. The van der Waals surface area contributed by atoms with Crippen molar-refractivity contribution >= 4 is 16.5 Å². The Balaban J connectivity index is 1.64. The lowest BCUT2D eigenvalue weighted by atomic mass is 9.97. The van der Waals surface area contributed by atoms with Gasteiger partial charge in [-0.25, -0.2) is 0 Å². The summed E-state index contributed by atoms with van der Waals surface area (Å²) in [5.41, 5.74) is 2.12. The van der Waals surface area contributed by atoms with Crippen molar-refractivity contribution in [3.63, 3.8) is 0 Å². The highest BCUT2D eigenvalue weighted by atomic mass is 16.5. The number of hydrogen-bond donors (Lipinski definition) is 1. The number of hydrogen-bond acceptors (Lipinski definition) is 6. The van der Waals surface area contributed by atoms with Crippen LogP contribution >= 0.6 is 0 Å². The summed E-state index contributed by atoms with van der Waals surface area (Å²) in [5, 5.41) is 15.1. The van der Waals surface area contributed by atoms with E-state index in [1.807, 2.05) is 54.7 Å². The topological polar surface area (TPSA) is 73.2 Å². The van der Waals surface area contributed by atoms with Gasteiger partial charge in [-0.05, 0) is 23.6 Å². The fraction of sp³-hybridized carbons (Fsp3) is 0.238. The van der Waals surface area contributed by atoms with E-state index in [1.165, 1.54) is 0 Å². The maximum atomic E-state index is 9.48. The van der Waals surface area contributed by atoms with E-state index in [4.69, 9.17) is 14.2 Å². The van der Waals surface area contributed by atoms with Gasteiger partial charge in [0.1, 0.15) is 24.2 Å². The summed E-state index contributed by atoms with van der Waals surface area (Å²) in [4.78, 5) is 4.55. The quantitative estimate of drug-likeness (QED) is 0.421.